The highest BCUT2D eigenvalue weighted by Crippen LogP contribution is 2.11. The van der Waals surface area contributed by atoms with E-state index in [0.717, 1.165) is 0 Å². The quantitative estimate of drug-likeness (QED) is 0.286. The van der Waals surface area contributed by atoms with Gasteiger partial charge in [-0.3, -0.25) is 9.79 Å². The predicted molar refractivity (Wildman–Crippen MR) is 115 cm³/mol. The Kier molecular flexibility index (Phi) is 9.99. The summed E-state index contributed by atoms with van der Waals surface area (Å²) in [5.41, 5.74) is 0.626. The summed E-state index contributed by atoms with van der Waals surface area (Å²) in [5.74, 6) is 0.252. The van der Waals surface area contributed by atoms with Crippen LogP contribution in [0.5, 0.6) is 0 Å². The zero-order valence-electron chi connectivity index (χ0n) is 15.2. The highest BCUT2D eigenvalue weighted by molar-refractivity contribution is 14.0. The molecule has 1 aromatic rings. The number of carbonyl (C=O) groups is 1. The second kappa shape index (κ2) is 11.4. The predicted octanol–water partition coefficient (Wildman–Crippen LogP) is 0.845. The molecule has 10 heteroatoms. The first kappa shape index (κ1) is 23.6. The van der Waals surface area contributed by atoms with Gasteiger partial charge in [-0.1, -0.05) is 18.2 Å². The van der Waals surface area contributed by atoms with E-state index in [0.29, 0.717) is 37.5 Å². The fraction of sp³-hybridized carbons (Fsp3) is 0.529. The Balaban J connectivity index is 0.00000364. The molecule has 1 amide bonds. The van der Waals surface area contributed by atoms with E-state index in [4.69, 9.17) is 0 Å². The van der Waals surface area contributed by atoms with Crippen LogP contribution in [0.2, 0.25) is 0 Å². The molecule has 152 valence electrons. The molecule has 2 rings (SSSR count). The fourth-order valence-electron chi connectivity index (χ4n) is 2.74. The molecule has 1 saturated heterocycles. The van der Waals surface area contributed by atoms with Crippen LogP contribution in [0.25, 0.3) is 0 Å². The lowest BCUT2D eigenvalue weighted by atomic mass is 10.1. The van der Waals surface area contributed by atoms with Gasteiger partial charge >= 0.3 is 0 Å². The third kappa shape index (κ3) is 8.41. The number of sulfone groups is 1. The number of carbonyl (C=O) groups excluding carboxylic acids is 1. The van der Waals surface area contributed by atoms with Crippen molar-refractivity contribution in [2.75, 3.05) is 31.6 Å². The van der Waals surface area contributed by atoms with Crippen molar-refractivity contribution in [3.63, 3.8) is 0 Å². The molecular formula is C17H26FIN4O3S. The molecule has 1 aliphatic rings. The molecule has 0 radical (unpaired) electrons. The third-order valence-corrected chi connectivity index (χ3v) is 5.88. The molecule has 1 fully saturated rings. The lowest BCUT2D eigenvalue weighted by molar-refractivity contribution is -0.121. The van der Waals surface area contributed by atoms with Crippen molar-refractivity contribution in [3.05, 3.63) is 35.6 Å². The number of aliphatic imine (C=N–C) groups is 1. The molecule has 0 saturated carbocycles. The number of nitrogens with one attached hydrogen (secondary N) is 3. The number of halogens is 2. The Morgan fingerprint density at radius 3 is 2.59 bits per heavy atom. The minimum Gasteiger partial charge on any atom is -0.356 e. The summed E-state index contributed by atoms with van der Waals surface area (Å²) >= 11 is 0. The maximum absolute atomic E-state index is 13.5. The van der Waals surface area contributed by atoms with Gasteiger partial charge in [0.2, 0.25) is 5.91 Å². The molecular weight excluding hydrogens is 486 g/mol. The van der Waals surface area contributed by atoms with Crippen LogP contribution in [-0.2, 0) is 21.1 Å². The summed E-state index contributed by atoms with van der Waals surface area (Å²) in [5, 5.41) is 8.81. The van der Waals surface area contributed by atoms with Gasteiger partial charge in [0, 0.05) is 32.6 Å². The molecule has 1 heterocycles. The molecule has 0 bridgehead atoms. The summed E-state index contributed by atoms with van der Waals surface area (Å²) in [7, 11) is -1.39. The van der Waals surface area contributed by atoms with Crippen LogP contribution in [0, 0.1) is 5.82 Å². The molecule has 0 aliphatic carbocycles. The van der Waals surface area contributed by atoms with Crippen molar-refractivity contribution in [3.8, 4) is 0 Å². The Hall–Kier alpha value is -1.43. The molecule has 1 unspecified atom stereocenters. The monoisotopic (exact) mass is 512 g/mol. The molecule has 1 aliphatic heterocycles. The van der Waals surface area contributed by atoms with Crippen LogP contribution in [0.1, 0.15) is 18.4 Å². The minimum absolute atomic E-state index is 0. The minimum atomic E-state index is -3.00. The van der Waals surface area contributed by atoms with Crippen LogP contribution in [0.15, 0.2) is 29.3 Å². The molecule has 1 atom stereocenters. The van der Waals surface area contributed by atoms with Crippen LogP contribution in [0.3, 0.4) is 0 Å². The molecule has 0 spiro atoms. The Morgan fingerprint density at radius 1 is 1.26 bits per heavy atom. The lowest BCUT2D eigenvalue weighted by Crippen LogP contribution is -2.41. The lowest BCUT2D eigenvalue weighted by Gasteiger charge is -2.13. The van der Waals surface area contributed by atoms with Crippen molar-refractivity contribution in [2.45, 2.75) is 25.3 Å². The van der Waals surface area contributed by atoms with Gasteiger partial charge in [0.1, 0.15) is 5.82 Å². The van der Waals surface area contributed by atoms with Gasteiger partial charge in [-0.15, -0.1) is 24.0 Å². The van der Waals surface area contributed by atoms with E-state index >= 15 is 0 Å². The van der Waals surface area contributed by atoms with Gasteiger partial charge in [0.05, 0.1) is 11.5 Å². The first-order valence-electron chi connectivity index (χ1n) is 8.57. The summed E-state index contributed by atoms with van der Waals surface area (Å²) < 4.78 is 36.3. The number of hydrogen-bond acceptors (Lipinski definition) is 4. The average molecular weight is 512 g/mol. The normalized spacial score (nSPS) is 18.4. The van der Waals surface area contributed by atoms with E-state index in [1.165, 1.54) is 6.07 Å². The van der Waals surface area contributed by atoms with Gasteiger partial charge in [-0.05, 0) is 24.5 Å². The summed E-state index contributed by atoms with van der Waals surface area (Å²) in [6.07, 6.45) is 1.20. The summed E-state index contributed by atoms with van der Waals surface area (Å²) in [6, 6.07) is 6.32. The topological polar surface area (TPSA) is 99.7 Å². The first-order valence-corrected chi connectivity index (χ1v) is 10.4. The van der Waals surface area contributed by atoms with Crippen LogP contribution < -0.4 is 16.0 Å². The van der Waals surface area contributed by atoms with Gasteiger partial charge in [0.25, 0.3) is 0 Å². The number of benzene rings is 1. The van der Waals surface area contributed by atoms with Gasteiger partial charge in [-0.2, -0.15) is 0 Å². The molecule has 1 aromatic carbocycles. The number of rotatable bonds is 7. The van der Waals surface area contributed by atoms with Gasteiger partial charge in [-0.25, -0.2) is 12.8 Å². The standard InChI is InChI=1S/C17H25FN4O3S.HI/c1-19-17(20-9-6-13-4-2-3-5-15(13)18)21-10-7-16(23)22-14-8-11-26(24,25)12-14;/h2-5,14H,6-12H2,1H3,(H,22,23)(H2,19,20,21);1H. The van der Waals surface area contributed by atoms with E-state index in [-0.39, 0.29) is 59.7 Å². The second-order valence-corrected chi connectivity index (χ2v) is 8.41. The number of amides is 1. The number of nitrogens with zero attached hydrogens (tertiary/aromatic N) is 1. The van der Waals surface area contributed by atoms with Crippen molar-refractivity contribution >= 4 is 45.7 Å². The smallest absolute Gasteiger partial charge is 0.222 e. The average Bonchev–Trinajstić information content (AvgIpc) is 2.93. The van der Waals surface area contributed by atoms with E-state index in [9.17, 15) is 17.6 Å². The Bertz CT molecular complexity index is 758. The maximum atomic E-state index is 13.5. The third-order valence-electron chi connectivity index (χ3n) is 4.11. The van der Waals surface area contributed by atoms with Gasteiger partial charge < -0.3 is 16.0 Å². The summed E-state index contributed by atoms with van der Waals surface area (Å²) in [4.78, 5) is 15.9. The zero-order valence-corrected chi connectivity index (χ0v) is 18.3. The maximum Gasteiger partial charge on any atom is 0.222 e. The van der Waals surface area contributed by atoms with Crippen molar-refractivity contribution in [2.24, 2.45) is 4.99 Å². The van der Waals surface area contributed by atoms with Crippen LogP contribution >= 0.6 is 24.0 Å². The second-order valence-electron chi connectivity index (χ2n) is 6.18. The summed E-state index contributed by atoms with van der Waals surface area (Å²) in [6.45, 7) is 0.872. The van der Waals surface area contributed by atoms with Crippen molar-refractivity contribution in [1.82, 2.24) is 16.0 Å². The van der Waals surface area contributed by atoms with E-state index in [1.54, 1.807) is 25.2 Å². The number of guanidine groups is 1. The van der Waals surface area contributed by atoms with Crippen LogP contribution in [0.4, 0.5) is 4.39 Å². The largest absolute Gasteiger partial charge is 0.356 e. The van der Waals surface area contributed by atoms with E-state index < -0.39 is 9.84 Å². The molecule has 7 nitrogen and oxygen atoms in total. The molecule has 0 aromatic heterocycles. The van der Waals surface area contributed by atoms with E-state index in [1.807, 2.05) is 0 Å². The fourth-order valence-corrected chi connectivity index (χ4v) is 4.41. The van der Waals surface area contributed by atoms with Crippen molar-refractivity contribution < 1.29 is 17.6 Å². The highest BCUT2D eigenvalue weighted by Gasteiger charge is 2.28. The Labute approximate surface area is 176 Å². The highest BCUT2D eigenvalue weighted by atomic mass is 127. The number of hydrogen-bond donors (Lipinski definition) is 3. The SMILES string of the molecule is CN=C(NCCC(=O)NC1CCS(=O)(=O)C1)NCCc1ccccc1F.I. The van der Waals surface area contributed by atoms with Crippen LogP contribution in [-0.4, -0.2) is 58.0 Å². The molecule has 3 N–H and O–H groups in total. The zero-order chi connectivity index (χ0) is 19.0. The Morgan fingerprint density at radius 2 is 1.96 bits per heavy atom. The van der Waals surface area contributed by atoms with Crippen molar-refractivity contribution in [1.29, 1.82) is 0 Å². The molecule has 27 heavy (non-hydrogen) atoms. The van der Waals surface area contributed by atoms with E-state index in [2.05, 4.69) is 20.9 Å². The van der Waals surface area contributed by atoms with Gasteiger partial charge in [0.15, 0.2) is 15.8 Å². The first-order chi connectivity index (χ1) is 12.4.